The number of carboxylic acids is 1. The van der Waals surface area contributed by atoms with E-state index in [9.17, 15) is 14.4 Å². The first-order valence-electron chi connectivity index (χ1n) is 8.90. The van der Waals surface area contributed by atoms with E-state index in [2.05, 4.69) is 10.6 Å². The Morgan fingerprint density at radius 3 is 2.57 bits per heavy atom. The van der Waals surface area contributed by atoms with Gasteiger partial charge in [0.05, 0.1) is 25.6 Å². The molecule has 0 saturated carbocycles. The number of para-hydroxylation sites is 1. The molecule has 2 rings (SSSR count). The van der Waals surface area contributed by atoms with E-state index in [-0.39, 0.29) is 36.1 Å². The van der Waals surface area contributed by atoms with Gasteiger partial charge in [-0.15, -0.1) is 0 Å². The minimum atomic E-state index is -1.09. The molecule has 2 aromatic rings. The zero-order valence-electron chi connectivity index (χ0n) is 16.1. The lowest BCUT2D eigenvalue weighted by molar-refractivity contribution is -0.123. The van der Waals surface area contributed by atoms with Crippen molar-refractivity contribution in [2.75, 3.05) is 6.61 Å². The quantitative estimate of drug-likeness (QED) is 0.608. The number of ether oxygens (including phenoxy) is 1. The third kappa shape index (κ3) is 5.60. The van der Waals surface area contributed by atoms with Crippen molar-refractivity contribution >= 4 is 17.8 Å². The van der Waals surface area contributed by atoms with E-state index >= 15 is 0 Å². The molecule has 2 amide bonds. The Morgan fingerprint density at radius 1 is 1.25 bits per heavy atom. The SMILES string of the molecule is CCOc1ccccc1C(CC(=O)NCc1cc(C(=O)O)c(C)o1)NC(C)=O. The monoisotopic (exact) mass is 388 g/mol. The van der Waals surface area contributed by atoms with Gasteiger partial charge in [0, 0.05) is 12.5 Å². The van der Waals surface area contributed by atoms with Crippen LogP contribution in [0.3, 0.4) is 0 Å². The minimum absolute atomic E-state index is 0.00482. The normalized spacial score (nSPS) is 11.5. The van der Waals surface area contributed by atoms with Crippen LogP contribution in [0.25, 0.3) is 0 Å². The molecule has 0 bridgehead atoms. The van der Waals surface area contributed by atoms with E-state index in [4.69, 9.17) is 14.3 Å². The number of aryl methyl sites for hydroxylation is 1. The predicted molar refractivity (Wildman–Crippen MR) is 101 cm³/mol. The Labute approximate surface area is 162 Å². The molecule has 1 unspecified atom stereocenters. The highest BCUT2D eigenvalue weighted by Crippen LogP contribution is 2.27. The van der Waals surface area contributed by atoms with Crippen LogP contribution >= 0.6 is 0 Å². The Balaban J connectivity index is 2.08. The zero-order valence-corrected chi connectivity index (χ0v) is 16.1. The largest absolute Gasteiger partial charge is 0.494 e. The number of hydrogen-bond acceptors (Lipinski definition) is 5. The third-order valence-corrected chi connectivity index (χ3v) is 4.02. The number of carbonyl (C=O) groups is 3. The van der Waals surface area contributed by atoms with Crippen molar-refractivity contribution in [3.05, 3.63) is 53.0 Å². The maximum atomic E-state index is 12.4. The number of aromatic carboxylic acids is 1. The van der Waals surface area contributed by atoms with E-state index in [0.717, 1.165) is 0 Å². The summed E-state index contributed by atoms with van der Waals surface area (Å²) in [5, 5.41) is 14.5. The lowest BCUT2D eigenvalue weighted by Crippen LogP contribution is -2.32. The van der Waals surface area contributed by atoms with Crippen molar-refractivity contribution in [1.82, 2.24) is 10.6 Å². The van der Waals surface area contributed by atoms with E-state index in [1.807, 2.05) is 19.1 Å². The van der Waals surface area contributed by atoms with Crippen molar-refractivity contribution in [3.8, 4) is 5.75 Å². The van der Waals surface area contributed by atoms with Gasteiger partial charge in [-0.3, -0.25) is 9.59 Å². The van der Waals surface area contributed by atoms with Crippen molar-refractivity contribution in [3.63, 3.8) is 0 Å². The van der Waals surface area contributed by atoms with Gasteiger partial charge in [-0.25, -0.2) is 4.79 Å². The second kappa shape index (κ2) is 9.59. The number of benzene rings is 1. The molecule has 1 aromatic carbocycles. The van der Waals surface area contributed by atoms with Gasteiger partial charge in [0.15, 0.2) is 0 Å². The van der Waals surface area contributed by atoms with Crippen LogP contribution in [0.1, 0.15) is 53.8 Å². The highest BCUT2D eigenvalue weighted by Gasteiger charge is 2.21. The van der Waals surface area contributed by atoms with Crippen LogP contribution in [0.2, 0.25) is 0 Å². The van der Waals surface area contributed by atoms with Crippen molar-refractivity contribution < 1.29 is 28.6 Å². The Kier molecular flexibility index (Phi) is 7.20. The Hall–Kier alpha value is -3.29. The van der Waals surface area contributed by atoms with Gasteiger partial charge in [-0.1, -0.05) is 18.2 Å². The summed E-state index contributed by atoms with van der Waals surface area (Å²) in [6.45, 7) is 5.29. The second-order valence-corrected chi connectivity index (χ2v) is 6.19. The molecule has 8 heteroatoms. The van der Waals surface area contributed by atoms with Crippen LogP contribution in [0.5, 0.6) is 5.75 Å². The summed E-state index contributed by atoms with van der Waals surface area (Å²) >= 11 is 0. The summed E-state index contributed by atoms with van der Waals surface area (Å²) in [5.74, 6) is -0.457. The summed E-state index contributed by atoms with van der Waals surface area (Å²) in [7, 11) is 0. The maximum absolute atomic E-state index is 12.4. The molecule has 28 heavy (non-hydrogen) atoms. The smallest absolute Gasteiger partial charge is 0.339 e. The number of hydrogen-bond donors (Lipinski definition) is 3. The van der Waals surface area contributed by atoms with Gasteiger partial charge in [0.25, 0.3) is 0 Å². The minimum Gasteiger partial charge on any atom is -0.494 e. The van der Waals surface area contributed by atoms with Gasteiger partial charge < -0.3 is 24.9 Å². The molecular weight excluding hydrogens is 364 g/mol. The van der Waals surface area contributed by atoms with Gasteiger partial charge in [-0.2, -0.15) is 0 Å². The summed E-state index contributed by atoms with van der Waals surface area (Å²) in [5.41, 5.74) is 0.766. The molecule has 0 saturated heterocycles. The molecular formula is C20H24N2O6. The average molecular weight is 388 g/mol. The number of nitrogens with one attached hydrogen (secondary N) is 2. The van der Waals surface area contributed by atoms with Crippen LogP contribution in [-0.4, -0.2) is 29.5 Å². The highest BCUT2D eigenvalue weighted by molar-refractivity contribution is 5.88. The molecule has 3 N–H and O–H groups in total. The molecule has 1 heterocycles. The van der Waals surface area contributed by atoms with Gasteiger partial charge in [-0.05, 0) is 26.0 Å². The fraction of sp³-hybridized carbons (Fsp3) is 0.350. The lowest BCUT2D eigenvalue weighted by atomic mass is 10.0. The Bertz CT molecular complexity index is 858. The molecule has 0 aliphatic rings. The molecule has 8 nitrogen and oxygen atoms in total. The first kappa shape index (κ1) is 21.0. The van der Waals surface area contributed by atoms with E-state index < -0.39 is 12.0 Å². The zero-order chi connectivity index (χ0) is 20.7. The predicted octanol–water partition coefficient (Wildman–Crippen LogP) is 2.57. The van der Waals surface area contributed by atoms with E-state index in [1.54, 1.807) is 19.1 Å². The average Bonchev–Trinajstić information content (AvgIpc) is 3.01. The van der Waals surface area contributed by atoms with E-state index in [1.165, 1.54) is 13.0 Å². The summed E-state index contributed by atoms with van der Waals surface area (Å²) in [6, 6.07) is 8.03. The van der Waals surface area contributed by atoms with Crippen LogP contribution in [0, 0.1) is 6.92 Å². The standard InChI is InChI=1S/C20H24N2O6/c1-4-27-18-8-6-5-7-15(18)17(22-13(3)23)10-19(24)21-11-14-9-16(20(25)26)12(2)28-14/h5-9,17H,4,10-11H2,1-3H3,(H,21,24)(H,22,23)(H,25,26). The Morgan fingerprint density at radius 2 is 1.96 bits per heavy atom. The number of amides is 2. The van der Waals surface area contributed by atoms with Gasteiger partial charge in [0.2, 0.25) is 11.8 Å². The van der Waals surface area contributed by atoms with Crippen molar-refractivity contribution in [1.29, 1.82) is 0 Å². The number of rotatable bonds is 9. The third-order valence-electron chi connectivity index (χ3n) is 4.02. The first-order chi connectivity index (χ1) is 13.3. The van der Waals surface area contributed by atoms with Crippen LogP contribution < -0.4 is 15.4 Å². The molecule has 150 valence electrons. The molecule has 1 atom stereocenters. The highest BCUT2D eigenvalue weighted by atomic mass is 16.5. The summed E-state index contributed by atoms with van der Waals surface area (Å²) < 4.78 is 10.9. The topological polar surface area (TPSA) is 118 Å². The second-order valence-electron chi connectivity index (χ2n) is 6.19. The summed E-state index contributed by atoms with van der Waals surface area (Å²) in [6.07, 6.45) is -0.00482. The first-order valence-corrected chi connectivity index (χ1v) is 8.90. The number of carbonyl (C=O) groups excluding carboxylic acids is 2. The summed E-state index contributed by atoms with van der Waals surface area (Å²) in [4.78, 5) is 35.1. The van der Waals surface area contributed by atoms with Gasteiger partial charge >= 0.3 is 5.97 Å². The van der Waals surface area contributed by atoms with E-state index in [0.29, 0.717) is 23.7 Å². The lowest BCUT2D eigenvalue weighted by Gasteiger charge is -2.20. The van der Waals surface area contributed by atoms with Crippen LogP contribution in [0.4, 0.5) is 0 Å². The molecule has 0 aliphatic heterocycles. The number of furan rings is 1. The number of carboxylic acid groups (broad SMARTS) is 1. The van der Waals surface area contributed by atoms with Crippen LogP contribution in [-0.2, 0) is 16.1 Å². The molecule has 0 radical (unpaired) electrons. The fourth-order valence-corrected chi connectivity index (χ4v) is 2.83. The van der Waals surface area contributed by atoms with Crippen molar-refractivity contribution in [2.45, 2.75) is 39.8 Å². The van der Waals surface area contributed by atoms with Crippen molar-refractivity contribution in [2.24, 2.45) is 0 Å². The molecule has 1 aromatic heterocycles. The molecule has 0 fully saturated rings. The van der Waals surface area contributed by atoms with Crippen LogP contribution in [0.15, 0.2) is 34.7 Å². The maximum Gasteiger partial charge on any atom is 0.339 e. The molecule has 0 aliphatic carbocycles. The molecule has 0 spiro atoms. The fourth-order valence-electron chi connectivity index (χ4n) is 2.83. The van der Waals surface area contributed by atoms with Gasteiger partial charge in [0.1, 0.15) is 22.8 Å².